The van der Waals surface area contributed by atoms with Gasteiger partial charge in [-0.25, -0.2) is 19.9 Å². The maximum Gasteiger partial charge on any atom is 0.265 e. The van der Waals surface area contributed by atoms with Gasteiger partial charge in [-0.2, -0.15) is 15.5 Å². The van der Waals surface area contributed by atoms with E-state index in [0.29, 0.717) is 66.6 Å². The number of aromatic amines is 2. The highest BCUT2D eigenvalue weighted by atomic mass is 16.1. The lowest BCUT2D eigenvalue weighted by Crippen LogP contribution is -2.19. The summed E-state index contributed by atoms with van der Waals surface area (Å²) in [5, 5.41) is 19.2. The van der Waals surface area contributed by atoms with Crippen molar-refractivity contribution in [3.63, 3.8) is 0 Å². The first-order chi connectivity index (χ1) is 34.5. The minimum Gasteiger partial charge on any atom is -0.366 e. The summed E-state index contributed by atoms with van der Waals surface area (Å²) in [7, 11) is 3.67. The van der Waals surface area contributed by atoms with E-state index in [0.717, 1.165) is 55.9 Å². The van der Waals surface area contributed by atoms with Gasteiger partial charge in [0.05, 0.1) is 84.4 Å². The van der Waals surface area contributed by atoms with Gasteiger partial charge in [-0.1, -0.05) is 60.7 Å². The summed E-state index contributed by atoms with van der Waals surface area (Å²) in [5.41, 5.74) is 18.4. The molecule has 1 amide bonds. The Morgan fingerprint density at radius 2 is 1.10 bits per heavy atom. The number of primary amides is 1. The molecule has 0 saturated heterocycles. The molecule has 6 heterocycles. The molecular weight excluding hydrogens is 893 g/mol. The number of nitrogens with zero attached hydrogens (tertiary/aromatic N) is 11. The molecule has 0 radical (unpaired) electrons. The molecule has 6 aromatic heterocycles. The van der Waals surface area contributed by atoms with Crippen molar-refractivity contribution in [2.75, 3.05) is 0 Å². The molecule has 0 unspecified atom stereocenters. The first-order valence-electron chi connectivity index (χ1n) is 22.3. The number of carbonyl (C=O) groups excluding carboxylic acids is 1. The van der Waals surface area contributed by atoms with Crippen LogP contribution < -0.4 is 16.9 Å². The molecular formula is C54H40N14O3. The van der Waals surface area contributed by atoms with Crippen molar-refractivity contribution >= 4 is 49.8 Å². The second-order valence-electron chi connectivity index (χ2n) is 17.0. The van der Waals surface area contributed by atoms with Gasteiger partial charge in [-0.3, -0.25) is 32.9 Å². The maximum atomic E-state index is 13.3. The maximum absolute atomic E-state index is 13.3. The molecule has 6 aromatic carbocycles. The molecule has 0 atom stereocenters. The highest BCUT2D eigenvalue weighted by Crippen LogP contribution is 2.37. The van der Waals surface area contributed by atoms with E-state index in [1.54, 1.807) is 67.8 Å². The van der Waals surface area contributed by atoms with Crippen LogP contribution in [0.25, 0.3) is 100 Å². The summed E-state index contributed by atoms with van der Waals surface area (Å²) >= 11 is 0. The van der Waals surface area contributed by atoms with Crippen molar-refractivity contribution in [2.45, 2.75) is 13.8 Å². The molecule has 0 fully saturated rings. The molecule has 0 bridgehead atoms. The summed E-state index contributed by atoms with van der Waals surface area (Å²) in [5.74, 6) is 0.660. The minimum absolute atomic E-state index is 0.126. The van der Waals surface area contributed by atoms with E-state index in [1.807, 2.05) is 125 Å². The Balaban J connectivity index is 0.000000154. The van der Waals surface area contributed by atoms with E-state index in [2.05, 4.69) is 41.2 Å². The number of H-pyrrole nitrogens is 2. The van der Waals surface area contributed by atoms with Crippen LogP contribution in [0.5, 0.6) is 0 Å². The third kappa shape index (κ3) is 7.48. The number of fused-ring (bicyclic) bond motifs is 4. The number of rotatable bonds is 7. The molecule has 0 aliphatic heterocycles. The molecule has 12 rings (SSSR count). The van der Waals surface area contributed by atoms with Gasteiger partial charge in [-0.15, -0.1) is 0 Å². The second kappa shape index (κ2) is 17.2. The van der Waals surface area contributed by atoms with Crippen LogP contribution in [0.4, 0.5) is 0 Å². The number of amides is 1. The normalized spacial score (nSPS) is 11.3. The Kier molecular flexibility index (Phi) is 10.5. The number of aromatic nitrogens is 12. The highest BCUT2D eigenvalue weighted by Gasteiger charge is 2.21. The number of nitriles is 1. The summed E-state index contributed by atoms with van der Waals surface area (Å²) < 4.78 is 6.52. The summed E-state index contributed by atoms with van der Waals surface area (Å²) in [6.07, 6.45) is 10.3. The smallest absolute Gasteiger partial charge is 0.265 e. The molecule has 17 heteroatoms. The van der Waals surface area contributed by atoms with Gasteiger partial charge >= 0.3 is 0 Å². The fourth-order valence-electron chi connectivity index (χ4n) is 9.11. The number of para-hydroxylation sites is 2. The number of aryl methyl sites for hydroxylation is 2. The standard InChI is InChI=1S/C27H21N7O2.C27H19N7O/c1-15-17(7-5-9-22(15)34-14-29-21-8-4-3-6-19(21)27(34)36)18-10-11-20(25(28)35)24-23(18)31-26(32-24)16-12-30-33(2)13-16;1-16-19(7-5-9-23(16)34-15-29-22-8-4-3-6-21(22)27(34)35)20-11-10-17(12-28)24-25(20)32-26(31-24)18-13-30-33(2)14-18/h3-14H,1-2H3,(H2,28,35)(H,31,32);3-11,13-15H,1-2H3,(H,31,32). The van der Waals surface area contributed by atoms with Crippen LogP contribution in [0, 0.1) is 25.2 Å². The molecule has 12 aromatic rings. The number of carbonyl (C=O) groups is 1. The zero-order valence-electron chi connectivity index (χ0n) is 38.6. The van der Waals surface area contributed by atoms with E-state index < -0.39 is 5.91 Å². The van der Waals surface area contributed by atoms with Crippen molar-refractivity contribution in [1.82, 2.24) is 58.6 Å². The Hall–Kier alpha value is -10.1. The number of hydrogen-bond acceptors (Lipinski definition) is 10. The van der Waals surface area contributed by atoms with Crippen LogP contribution in [-0.2, 0) is 14.1 Å². The zero-order valence-corrected chi connectivity index (χ0v) is 38.6. The number of nitrogens with one attached hydrogen (secondary N) is 2. The first-order valence-corrected chi connectivity index (χ1v) is 22.3. The van der Waals surface area contributed by atoms with Crippen molar-refractivity contribution in [2.24, 2.45) is 19.8 Å². The Labute approximate surface area is 402 Å². The van der Waals surface area contributed by atoms with E-state index in [-0.39, 0.29) is 11.1 Å². The Bertz CT molecular complexity index is 4290. The van der Waals surface area contributed by atoms with Crippen LogP contribution in [0.1, 0.15) is 27.0 Å². The highest BCUT2D eigenvalue weighted by molar-refractivity contribution is 6.09. The summed E-state index contributed by atoms with van der Waals surface area (Å²) in [6.45, 7) is 3.93. The molecule has 0 aliphatic rings. The van der Waals surface area contributed by atoms with E-state index in [1.165, 1.54) is 0 Å². The fraction of sp³-hybridized carbons (Fsp3) is 0.0741. The van der Waals surface area contributed by atoms with E-state index in [9.17, 15) is 19.6 Å². The molecule has 0 saturated carbocycles. The van der Waals surface area contributed by atoms with Crippen molar-refractivity contribution in [3.05, 3.63) is 190 Å². The van der Waals surface area contributed by atoms with Crippen LogP contribution in [0.15, 0.2) is 156 Å². The lowest BCUT2D eigenvalue weighted by atomic mass is 9.96. The molecule has 17 nitrogen and oxygen atoms in total. The average Bonchev–Trinajstić information content (AvgIpc) is 4.22. The Morgan fingerprint density at radius 3 is 1.62 bits per heavy atom. The van der Waals surface area contributed by atoms with E-state index in [4.69, 9.17) is 10.7 Å². The third-order valence-electron chi connectivity index (χ3n) is 12.7. The Morgan fingerprint density at radius 1 is 0.592 bits per heavy atom. The number of imidazole rings is 2. The van der Waals surface area contributed by atoms with Gasteiger partial charge in [0.25, 0.3) is 17.0 Å². The van der Waals surface area contributed by atoms with Gasteiger partial charge in [0.15, 0.2) is 0 Å². The molecule has 0 aliphatic carbocycles. The lowest BCUT2D eigenvalue weighted by molar-refractivity contribution is 0.100. The molecule has 71 heavy (non-hydrogen) atoms. The average molecular weight is 933 g/mol. The first kappa shape index (κ1) is 43.5. The summed E-state index contributed by atoms with van der Waals surface area (Å²) in [4.78, 5) is 63.8. The topological polar surface area (TPSA) is 230 Å². The number of benzene rings is 6. The van der Waals surface area contributed by atoms with Crippen molar-refractivity contribution in [3.8, 4) is 62.5 Å². The quantitative estimate of drug-likeness (QED) is 0.139. The SMILES string of the molecule is Cc1c(-c2ccc(C#N)c3[nH]c(-c4cnn(C)c4)nc23)cccc1-n1cnc2ccccc2c1=O.Cc1c(-c2ccc(C(N)=O)c3nc(-c4cnn(C)c4)[nH]c23)cccc1-n1cnc2ccccc2c1=O. The van der Waals surface area contributed by atoms with E-state index >= 15 is 0 Å². The largest absolute Gasteiger partial charge is 0.366 e. The predicted molar refractivity (Wildman–Crippen MR) is 272 cm³/mol. The molecule has 0 spiro atoms. The monoisotopic (exact) mass is 932 g/mol. The summed E-state index contributed by atoms with van der Waals surface area (Å²) in [6, 6.07) is 35.6. The minimum atomic E-state index is -0.560. The zero-order chi connectivity index (χ0) is 49.1. The van der Waals surface area contributed by atoms with Gasteiger partial charge < -0.3 is 15.7 Å². The van der Waals surface area contributed by atoms with Crippen LogP contribution >= 0.6 is 0 Å². The van der Waals surface area contributed by atoms with Crippen LogP contribution in [0.2, 0.25) is 0 Å². The van der Waals surface area contributed by atoms with Crippen molar-refractivity contribution < 1.29 is 4.79 Å². The molecule has 4 N–H and O–H groups in total. The molecule has 344 valence electrons. The second-order valence-corrected chi connectivity index (χ2v) is 17.0. The van der Waals surface area contributed by atoms with Gasteiger partial charge in [0, 0.05) is 37.6 Å². The predicted octanol–water partition coefficient (Wildman–Crippen LogP) is 8.25. The van der Waals surface area contributed by atoms with Crippen LogP contribution in [-0.4, -0.2) is 64.5 Å². The van der Waals surface area contributed by atoms with Gasteiger partial charge in [0.2, 0.25) is 0 Å². The number of nitrogens with two attached hydrogens (primary N) is 1. The van der Waals surface area contributed by atoms with Crippen LogP contribution in [0.3, 0.4) is 0 Å². The lowest BCUT2D eigenvalue weighted by Gasteiger charge is -2.14. The van der Waals surface area contributed by atoms with Crippen molar-refractivity contribution in [1.29, 1.82) is 5.26 Å². The third-order valence-corrected chi connectivity index (χ3v) is 12.7. The van der Waals surface area contributed by atoms with Gasteiger partial charge in [0.1, 0.15) is 35.9 Å². The fourth-order valence-corrected chi connectivity index (χ4v) is 9.11. The number of hydrogen-bond donors (Lipinski definition) is 3. The van der Waals surface area contributed by atoms with Gasteiger partial charge in [-0.05, 0) is 84.6 Å².